The molecule has 0 radical (unpaired) electrons. The number of carbonyl (C=O) groups is 2. The predicted octanol–water partition coefficient (Wildman–Crippen LogP) is 2.40. The monoisotopic (exact) mass is 380 g/mol. The van der Waals surface area contributed by atoms with Gasteiger partial charge in [0.25, 0.3) is 5.91 Å². The molecule has 0 saturated heterocycles. The van der Waals surface area contributed by atoms with Crippen LogP contribution in [0.4, 0.5) is 0 Å². The third kappa shape index (κ3) is 4.62. The van der Waals surface area contributed by atoms with Crippen LogP contribution in [0.2, 0.25) is 0 Å². The number of nitrogens with zero attached hydrogens (tertiary/aromatic N) is 1. The number of hydrogen-bond acceptors (Lipinski definition) is 5. The number of nitrogens with one attached hydrogen (secondary N) is 1. The minimum Gasteiger partial charge on any atom is -0.480 e. The molecule has 140 valence electrons. The fourth-order valence-corrected chi connectivity index (χ4v) is 2.38. The molecule has 2 atom stereocenters. The Morgan fingerprint density at radius 2 is 2.00 bits per heavy atom. The van der Waals surface area contributed by atoms with Crippen molar-refractivity contribution in [2.24, 2.45) is 5.92 Å². The summed E-state index contributed by atoms with van der Waals surface area (Å²) in [5, 5.41) is 23.0. The second-order valence-corrected chi connectivity index (χ2v) is 6.75. The molecule has 0 aliphatic carbocycles. The number of benzene rings is 1. The third-order valence-corrected chi connectivity index (χ3v) is 4.22. The molecule has 0 aliphatic rings. The molecule has 1 unspecified atom stereocenters. The van der Waals surface area contributed by atoms with Crippen LogP contribution in [0.3, 0.4) is 0 Å². The van der Waals surface area contributed by atoms with Crippen molar-refractivity contribution in [2.45, 2.75) is 32.6 Å². The molecule has 2 aromatic rings. The molecule has 1 aromatic carbocycles. The van der Waals surface area contributed by atoms with Crippen molar-refractivity contribution in [3.8, 4) is 5.88 Å². The van der Waals surface area contributed by atoms with Crippen molar-refractivity contribution in [3.05, 3.63) is 36.0 Å². The van der Waals surface area contributed by atoms with Gasteiger partial charge in [-0.25, -0.2) is 9.78 Å². The maximum atomic E-state index is 12.5. The minimum atomic E-state index is -1.67. The number of aromatic nitrogens is 1. The van der Waals surface area contributed by atoms with Crippen molar-refractivity contribution in [3.63, 3.8) is 0 Å². The molecule has 2 rings (SSSR count). The molecule has 1 aromatic heterocycles. The summed E-state index contributed by atoms with van der Waals surface area (Å²) in [7, 11) is 0. The van der Waals surface area contributed by atoms with Crippen LogP contribution in [0.15, 0.2) is 30.3 Å². The van der Waals surface area contributed by atoms with Gasteiger partial charge < -0.3 is 20.3 Å². The summed E-state index contributed by atoms with van der Waals surface area (Å²) in [6.07, 6.45) is 0. The quantitative estimate of drug-likeness (QED) is 0.502. The lowest BCUT2D eigenvalue weighted by molar-refractivity contribution is -0.140. The standard InChI is InChI=1S/C18H21ClN2O5/c1-10(2)14(17(23)24)21-15(22)13-8-11-6-4-5-7-12(11)16(20-13)26-18(3,25)9-19/h4-8,10,14,25H,9H2,1-3H3,(H,21,22)(H,23,24)/t14-,18?/m0/s1. The largest absolute Gasteiger partial charge is 0.480 e. The first-order chi connectivity index (χ1) is 12.1. The summed E-state index contributed by atoms with van der Waals surface area (Å²) in [6.45, 7) is 4.76. The Labute approximate surface area is 155 Å². The Bertz CT molecular complexity index is 822. The maximum absolute atomic E-state index is 12.5. The van der Waals surface area contributed by atoms with Crippen molar-refractivity contribution < 1.29 is 24.5 Å². The molecule has 26 heavy (non-hydrogen) atoms. The molecular formula is C18H21ClN2O5. The molecule has 7 nitrogen and oxygen atoms in total. The highest BCUT2D eigenvalue weighted by atomic mass is 35.5. The van der Waals surface area contributed by atoms with E-state index in [1.807, 2.05) is 0 Å². The Morgan fingerprint density at radius 1 is 1.35 bits per heavy atom. The Hall–Kier alpha value is -2.38. The Kier molecular flexibility index (Phi) is 6.05. The molecule has 0 saturated carbocycles. The summed E-state index contributed by atoms with van der Waals surface area (Å²) in [6, 6.07) is 7.52. The smallest absolute Gasteiger partial charge is 0.326 e. The van der Waals surface area contributed by atoms with Gasteiger partial charge in [-0.1, -0.05) is 32.0 Å². The molecule has 0 fully saturated rings. The van der Waals surface area contributed by atoms with Gasteiger partial charge in [0.1, 0.15) is 11.7 Å². The van der Waals surface area contributed by atoms with E-state index in [-0.39, 0.29) is 23.4 Å². The number of halogens is 1. The van der Waals surface area contributed by atoms with Gasteiger partial charge in [-0.2, -0.15) is 0 Å². The first kappa shape index (κ1) is 19.9. The number of rotatable bonds is 7. The van der Waals surface area contributed by atoms with Crippen molar-refractivity contribution in [1.29, 1.82) is 0 Å². The molecule has 1 amide bonds. The van der Waals surface area contributed by atoms with Gasteiger partial charge in [-0.05, 0) is 23.4 Å². The molecule has 0 bridgehead atoms. The highest BCUT2D eigenvalue weighted by Crippen LogP contribution is 2.27. The van der Waals surface area contributed by atoms with Crippen LogP contribution in [-0.2, 0) is 4.79 Å². The van der Waals surface area contributed by atoms with Crippen LogP contribution in [0, 0.1) is 5.92 Å². The van der Waals surface area contributed by atoms with Crippen LogP contribution >= 0.6 is 11.6 Å². The van der Waals surface area contributed by atoms with Gasteiger partial charge in [-0.15, -0.1) is 11.6 Å². The fourth-order valence-electron chi connectivity index (χ4n) is 2.33. The van der Waals surface area contributed by atoms with Crippen molar-refractivity contribution in [2.75, 3.05) is 5.88 Å². The second kappa shape index (κ2) is 7.88. The fraction of sp³-hybridized carbons (Fsp3) is 0.389. The number of fused-ring (bicyclic) bond motifs is 1. The van der Waals surface area contributed by atoms with Gasteiger partial charge in [0.05, 0.1) is 5.88 Å². The van der Waals surface area contributed by atoms with Gasteiger partial charge in [0.2, 0.25) is 11.7 Å². The molecule has 0 spiro atoms. The van der Waals surface area contributed by atoms with Gasteiger partial charge in [0, 0.05) is 12.3 Å². The second-order valence-electron chi connectivity index (χ2n) is 6.48. The van der Waals surface area contributed by atoms with Crippen LogP contribution in [0.5, 0.6) is 5.88 Å². The van der Waals surface area contributed by atoms with Crippen LogP contribution in [0.25, 0.3) is 10.8 Å². The van der Waals surface area contributed by atoms with E-state index in [9.17, 15) is 19.8 Å². The SMILES string of the molecule is CC(C)[C@H](NC(=O)c1cc2ccccc2c(OC(C)(O)CCl)n1)C(=O)O. The van der Waals surface area contributed by atoms with E-state index >= 15 is 0 Å². The summed E-state index contributed by atoms with van der Waals surface area (Å²) in [5.41, 5.74) is -0.0176. The number of ether oxygens (including phenoxy) is 1. The molecule has 1 heterocycles. The number of pyridine rings is 1. The average molecular weight is 381 g/mol. The topological polar surface area (TPSA) is 109 Å². The zero-order valence-corrected chi connectivity index (χ0v) is 15.4. The van der Waals surface area contributed by atoms with E-state index in [0.717, 1.165) is 0 Å². The van der Waals surface area contributed by atoms with Crippen molar-refractivity contribution >= 4 is 34.2 Å². The first-order valence-electron chi connectivity index (χ1n) is 8.05. The summed E-state index contributed by atoms with van der Waals surface area (Å²) >= 11 is 5.69. The van der Waals surface area contributed by atoms with E-state index in [4.69, 9.17) is 16.3 Å². The molecule has 8 heteroatoms. The van der Waals surface area contributed by atoms with Gasteiger partial charge in [0.15, 0.2) is 0 Å². The van der Waals surface area contributed by atoms with Crippen LogP contribution < -0.4 is 10.1 Å². The lowest BCUT2D eigenvalue weighted by Gasteiger charge is -2.23. The summed E-state index contributed by atoms with van der Waals surface area (Å²) in [5.74, 6) is -3.91. The van der Waals surface area contributed by atoms with E-state index in [1.54, 1.807) is 38.1 Å². The number of hydrogen-bond donors (Lipinski definition) is 3. The predicted molar refractivity (Wildman–Crippen MR) is 97.4 cm³/mol. The van der Waals surface area contributed by atoms with Crippen LogP contribution in [0.1, 0.15) is 31.3 Å². The van der Waals surface area contributed by atoms with Crippen LogP contribution in [-0.4, -0.2) is 44.8 Å². The summed E-state index contributed by atoms with van der Waals surface area (Å²) < 4.78 is 5.47. The van der Waals surface area contributed by atoms with E-state index in [0.29, 0.717) is 10.8 Å². The number of alkyl halides is 1. The Morgan fingerprint density at radius 3 is 2.58 bits per heavy atom. The molecule has 3 N–H and O–H groups in total. The normalized spacial score (nSPS) is 14.7. The lowest BCUT2D eigenvalue weighted by atomic mass is 10.0. The van der Waals surface area contributed by atoms with Gasteiger partial charge >= 0.3 is 5.97 Å². The number of carboxylic acids is 1. The summed E-state index contributed by atoms with van der Waals surface area (Å²) in [4.78, 5) is 28.0. The number of carboxylic acid groups (broad SMARTS) is 1. The zero-order chi connectivity index (χ0) is 19.5. The highest BCUT2D eigenvalue weighted by molar-refractivity contribution is 6.18. The average Bonchev–Trinajstić information content (AvgIpc) is 2.58. The number of aliphatic hydroxyl groups is 1. The highest BCUT2D eigenvalue weighted by Gasteiger charge is 2.27. The molecular weight excluding hydrogens is 360 g/mol. The van der Waals surface area contributed by atoms with Crippen molar-refractivity contribution in [1.82, 2.24) is 10.3 Å². The zero-order valence-electron chi connectivity index (χ0n) is 14.7. The van der Waals surface area contributed by atoms with E-state index in [2.05, 4.69) is 10.3 Å². The lowest BCUT2D eigenvalue weighted by Crippen LogP contribution is -2.44. The van der Waals surface area contributed by atoms with E-state index < -0.39 is 23.7 Å². The number of amides is 1. The third-order valence-electron chi connectivity index (χ3n) is 3.72. The van der Waals surface area contributed by atoms with Gasteiger partial charge in [-0.3, -0.25) is 4.79 Å². The molecule has 0 aliphatic heterocycles. The van der Waals surface area contributed by atoms with E-state index in [1.165, 1.54) is 13.0 Å². The first-order valence-corrected chi connectivity index (χ1v) is 8.59. The number of aliphatic carboxylic acids is 1. The number of carbonyl (C=O) groups excluding carboxylic acids is 1. The minimum absolute atomic E-state index is 0.0176. The maximum Gasteiger partial charge on any atom is 0.326 e. The Balaban J connectivity index is 2.44.